The average molecular weight is 627 g/mol. The van der Waals surface area contributed by atoms with E-state index in [1.807, 2.05) is 12.2 Å². The summed E-state index contributed by atoms with van der Waals surface area (Å²) >= 11 is 0. The van der Waals surface area contributed by atoms with E-state index in [9.17, 15) is 38.7 Å². The third kappa shape index (κ3) is 15.2. The highest BCUT2D eigenvalue weighted by Gasteiger charge is 2.40. The van der Waals surface area contributed by atoms with Crippen molar-refractivity contribution >= 4 is 11.9 Å². The van der Waals surface area contributed by atoms with Crippen molar-refractivity contribution in [3.8, 4) is 5.75 Å². The number of aliphatic hydroxyl groups excluding tert-OH is 2. The SMILES string of the molecule is C[C@@H](COC(=O)CCC/C=C\C[C@@H]1[C@@H](/C=C/C(F)(F)COc2ccccc2)[C@H](O)C[C@@H]1O)NC(=O)CCCCCO[N+](=O)[O-]. The van der Waals surface area contributed by atoms with Crippen LogP contribution in [0.3, 0.4) is 0 Å². The van der Waals surface area contributed by atoms with E-state index in [1.54, 1.807) is 37.3 Å². The molecule has 1 aromatic carbocycles. The van der Waals surface area contributed by atoms with Gasteiger partial charge < -0.3 is 29.8 Å². The maximum atomic E-state index is 14.4. The molecule has 1 saturated carbocycles. The number of ether oxygens (including phenoxy) is 2. The van der Waals surface area contributed by atoms with Crippen LogP contribution in [0.25, 0.3) is 0 Å². The number of hydrogen-bond acceptors (Lipinski definition) is 9. The van der Waals surface area contributed by atoms with Gasteiger partial charge in [0.05, 0.1) is 24.9 Å². The van der Waals surface area contributed by atoms with E-state index in [1.165, 1.54) is 6.08 Å². The van der Waals surface area contributed by atoms with E-state index in [-0.39, 0.29) is 44.4 Å². The number of amides is 1. The van der Waals surface area contributed by atoms with Gasteiger partial charge in [0, 0.05) is 25.2 Å². The fourth-order valence-corrected chi connectivity index (χ4v) is 4.82. The molecule has 0 spiro atoms. The Labute approximate surface area is 256 Å². The number of esters is 1. The standard InChI is InChI=1S/C31H44F2N2O9/c1-23(34-29(38)15-9-5-11-19-44-35(40)41)21-42-30(39)16-10-3-2-8-14-25-26(28(37)20-27(25)36)17-18-31(32,33)22-43-24-12-6-4-7-13-24/h2,4,6-8,12-13,17-18,23,25-28,36-37H,3,5,9-11,14-16,19-22H2,1H3,(H,34,38)/b8-2-,18-17+/t23-,25+,26+,27-,28+/m0/s1. The number of unbranched alkanes of at least 4 members (excludes halogenated alkanes) is 3. The summed E-state index contributed by atoms with van der Waals surface area (Å²) < 4.78 is 39.1. The van der Waals surface area contributed by atoms with E-state index in [0.29, 0.717) is 44.3 Å². The molecule has 3 N–H and O–H groups in total. The molecule has 0 saturated heterocycles. The summed E-state index contributed by atoms with van der Waals surface area (Å²) in [5.74, 6) is -4.57. The molecule has 44 heavy (non-hydrogen) atoms. The van der Waals surface area contributed by atoms with Crippen LogP contribution in [-0.4, -0.2) is 71.2 Å². The van der Waals surface area contributed by atoms with E-state index in [2.05, 4.69) is 10.2 Å². The number of alkyl halides is 2. The minimum atomic E-state index is -3.25. The molecule has 246 valence electrons. The van der Waals surface area contributed by atoms with Crippen molar-refractivity contribution in [1.82, 2.24) is 5.32 Å². The van der Waals surface area contributed by atoms with Gasteiger partial charge in [-0.15, -0.1) is 10.1 Å². The Morgan fingerprint density at radius 3 is 2.59 bits per heavy atom. The van der Waals surface area contributed by atoms with Gasteiger partial charge in [-0.05, 0) is 63.2 Å². The Morgan fingerprint density at radius 1 is 1.11 bits per heavy atom. The fourth-order valence-electron chi connectivity index (χ4n) is 4.82. The molecule has 5 atom stereocenters. The highest BCUT2D eigenvalue weighted by Crippen LogP contribution is 2.37. The lowest BCUT2D eigenvalue weighted by molar-refractivity contribution is -0.757. The van der Waals surface area contributed by atoms with Crippen LogP contribution in [0.1, 0.15) is 64.7 Å². The normalized spacial score (nSPS) is 20.9. The highest BCUT2D eigenvalue weighted by atomic mass is 19.3. The lowest BCUT2D eigenvalue weighted by atomic mass is 9.89. The maximum Gasteiger partial charge on any atom is 0.305 e. The molecule has 1 aliphatic rings. The summed E-state index contributed by atoms with van der Waals surface area (Å²) in [5, 5.41) is 32.7. The van der Waals surface area contributed by atoms with Crippen molar-refractivity contribution in [2.75, 3.05) is 19.8 Å². The Bertz CT molecular complexity index is 1070. The molecule has 0 unspecified atom stereocenters. The van der Waals surface area contributed by atoms with Crippen LogP contribution in [0.15, 0.2) is 54.6 Å². The minimum absolute atomic E-state index is 0.000923. The van der Waals surface area contributed by atoms with Gasteiger partial charge in [0.25, 0.3) is 11.0 Å². The first-order chi connectivity index (χ1) is 21.0. The summed E-state index contributed by atoms with van der Waals surface area (Å²) in [4.78, 5) is 38.3. The number of rotatable bonds is 21. The molecule has 0 bridgehead atoms. The zero-order valence-electron chi connectivity index (χ0n) is 25.0. The molecule has 0 aromatic heterocycles. The molecule has 0 radical (unpaired) electrons. The average Bonchev–Trinajstić information content (AvgIpc) is 3.25. The number of hydrogen-bond donors (Lipinski definition) is 3. The Morgan fingerprint density at radius 2 is 1.86 bits per heavy atom. The van der Waals surface area contributed by atoms with Crippen LogP contribution < -0.4 is 10.1 Å². The van der Waals surface area contributed by atoms with E-state index >= 15 is 0 Å². The van der Waals surface area contributed by atoms with Crippen molar-refractivity contribution in [2.45, 2.75) is 88.9 Å². The van der Waals surface area contributed by atoms with Crippen LogP contribution in [-0.2, 0) is 19.2 Å². The van der Waals surface area contributed by atoms with Crippen molar-refractivity contribution in [3.05, 3.63) is 64.8 Å². The van der Waals surface area contributed by atoms with Gasteiger partial charge in [0.2, 0.25) is 5.91 Å². The third-order valence-electron chi connectivity index (χ3n) is 7.13. The number of nitrogens with zero attached hydrogens (tertiary/aromatic N) is 1. The molecule has 0 heterocycles. The van der Waals surface area contributed by atoms with Crippen molar-refractivity contribution in [3.63, 3.8) is 0 Å². The number of aliphatic hydroxyl groups is 2. The first-order valence-corrected chi connectivity index (χ1v) is 15.0. The fraction of sp³-hybridized carbons (Fsp3) is 0.613. The zero-order valence-corrected chi connectivity index (χ0v) is 25.0. The van der Waals surface area contributed by atoms with Crippen LogP contribution >= 0.6 is 0 Å². The number of nitrogens with one attached hydrogen (secondary N) is 1. The van der Waals surface area contributed by atoms with Gasteiger partial charge in [-0.1, -0.05) is 42.8 Å². The smallest absolute Gasteiger partial charge is 0.305 e. The largest absolute Gasteiger partial charge is 0.487 e. The first-order valence-electron chi connectivity index (χ1n) is 15.0. The molecule has 1 aromatic rings. The molecule has 1 fully saturated rings. The lowest BCUT2D eigenvalue weighted by Crippen LogP contribution is -2.36. The first kappa shape index (κ1) is 36.6. The molecule has 1 amide bonds. The molecule has 2 rings (SSSR count). The number of halogens is 2. The number of para-hydroxylation sites is 1. The Hall–Kier alpha value is -3.58. The Balaban J connectivity index is 1.62. The lowest BCUT2D eigenvalue weighted by Gasteiger charge is -2.20. The monoisotopic (exact) mass is 626 g/mol. The van der Waals surface area contributed by atoms with Crippen molar-refractivity contribution < 1.29 is 48.0 Å². The molecule has 11 nitrogen and oxygen atoms in total. The summed E-state index contributed by atoms with van der Waals surface area (Å²) in [7, 11) is 0. The molecular weight excluding hydrogens is 582 g/mol. The van der Waals surface area contributed by atoms with Crippen molar-refractivity contribution in [2.24, 2.45) is 11.8 Å². The van der Waals surface area contributed by atoms with Gasteiger partial charge in [0.15, 0.2) is 6.61 Å². The molecular formula is C31H44F2N2O9. The molecule has 0 aliphatic heterocycles. The van der Waals surface area contributed by atoms with Crippen LogP contribution in [0.2, 0.25) is 0 Å². The second-order valence-electron chi connectivity index (χ2n) is 11.0. The summed E-state index contributed by atoms with van der Waals surface area (Å²) in [6.07, 6.45) is 7.56. The predicted molar refractivity (Wildman–Crippen MR) is 157 cm³/mol. The summed E-state index contributed by atoms with van der Waals surface area (Å²) in [5.41, 5.74) is 0. The van der Waals surface area contributed by atoms with E-state index < -0.39 is 47.6 Å². The Kier molecular flexibility index (Phi) is 16.3. The number of carbonyl (C=O) groups excluding carboxylic acids is 2. The van der Waals surface area contributed by atoms with E-state index in [0.717, 1.165) is 6.08 Å². The van der Waals surface area contributed by atoms with Crippen LogP contribution in [0.4, 0.5) is 8.78 Å². The van der Waals surface area contributed by atoms with Gasteiger partial charge in [-0.3, -0.25) is 9.59 Å². The number of carbonyl (C=O) groups is 2. The third-order valence-corrected chi connectivity index (χ3v) is 7.13. The second-order valence-corrected chi connectivity index (χ2v) is 11.0. The number of allylic oxidation sites excluding steroid dienone is 2. The molecule has 1 aliphatic carbocycles. The van der Waals surface area contributed by atoms with Gasteiger partial charge in [-0.25, -0.2) is 0 Å². The number of benzene rings is 1. The molecule has 13 heteroatoms. The predicted octanol–water partition coefficient (Wildman–Crippen LogP) is 4.55. The summed E-state index contributed by atoms with van der Waals surface area (Å²) in [6, 6.07) is 7.93. The topological polar surface area (TPSA) is 157 Å². The maximum absolute atomic E-state index is 14.4. The quantitative estimate of drug-likeness (QED) is 0.0586. The van der Waals surface area contributed by atoms with Crippen LogP contribution in [0, 0.1) is 22.0 Å². The summed E-state index contributed by atoms with van der Waals surface area (Å²) in [6.45, 7) is 0.909. The minimum Gasteiger partial charge on any atom is -0.487 e. The van der Waals surface area contributed by atoms with Gasteiger partial charge >= 0.3 is 5.97 Å². The van der Waals surface area contributed by atoms with Crippen molar-refractivity contribution in [1.29, 1.82) is 0 Å². The second kappa shape index (κ2) is 19.6. The highest BCUT2D eigenvalue weighted by molar-refractivity contribution is 5.76. The van der Waals surface area contributed by atoms with Crippen LogP contribution in [0.5, 0.6) is 5.75 Å². The van der Waals surface area contributed by atoms with Gasteiger partial charge in [0.1, 0.15) is 12.4 Å². The zero-order chi connectivity index (χ0) is 32.4. The van der Waals surface area contributed by atoms with Gasteiger partial charge in [-0.2, -0.15) is 8.78 Å². The van der Waals surface area contributed by atoms with E-state index in [4.69, 9.17) is 9.47 Å².